The van der Waals surface area contributed by atoms with Gasteiger partial charge in [-0.25, -0.2) is 5.06 Å². The molecule has 1 rings (SSSR count). The molecule has 0 aliphatic rings. The smallest absolute Gasteiger partial charge is 0.277 e. The molecule has 0 spiro atoms. The lowest BCUT2D eigenvalue weighted by atomic mass is 10.2. The van der Waals surface area contributed by atoms with Gasteiger partial charge in [-0.15, -0.1) is 0 Å². The molecule has 1 aromatic rings. The van der Waals surface area contributed by atoms with Gasteiger partial charge in [0.15, 0.2) is 0 Å². The number of carbonyl (C=O) groups excluding carboxylic acids is 1. The van der Waals surface area contributed by atoms with Crippen LogP contribution < -0.4 is 4.43 Å². The fourth-order valence-electron chi connectivity index (χ4n) is 1.46. The Labute approximate surface area is 136 Å². The number of rotatable bonds is 4. The van der Waals surface area contributed by atoms with E-state index in [4.69, 9.17) is 9.26 Å². The van der Waals surface area contributed by atoms with Crippen LogP contribution >= 0.6 is 15.9 Å². The summed E-state index contributed by atoms with van der Waals surface area (Å²) in [5.74, 6) is 0.503. The monoisotopic (exact) mass is 373 g/mol. The maximum absolute atomic E-state index is 12.2. The number of hydrogen-bond acceptors (Lipinski definition) is 3. The van der Waals surface area contributed by atoms with Crippen molar-refractivity contribution in [2.24, 2.45) is 0 Å². The van der Waals surface area contributed by atoms with Gasteiger partial charge in [-0.2, -0.15) is 0 Å². The van der Waals surface area contributed by atoms with E-state index in [-0.39, 0.29) is 10.9 Å². The quantitative estimate of drug-likeness (QED) is 0.577. The van der Waals surface area contributed by atoms with Crippen molar-refractivity contribution in [3.63, 3.8) is 0 Å². The fraction of sp³-hybridized carbons (Fsp3) is 0.533. The van der Waals surface area contributed by atoms with Crippen molar-refractivity contribution in [2.45, 2.75) is 38.9 Å². The van der Waals surface area contributed by atoms with Gasteiger partial charge in [0.25, 0.3) is 5.91 Å². The van der Waals surface area contributed by atoms with E-state index in [2.05, 4.69) is 49.8 Å². The summed E-state index contributed by atoms with van der Waals surface area (Å²) in [5.41, 5.74) is 0.530. The molecule has 0 N–H and O–H groups in total. The van der Waals surface area contributed by atoms with Gasteiger partial charge in [-0.3, -0.25) is 9.63 Å². The lowest BCUT2D eigenvalue weighted by molar-refractivity contribution is -0.0757. The second kappa shape index (κ2) is 6.50. The van der Waals surface area contributed by atoms with Gasteiger partial charge >= 0.3 is 0 Å². The van der Waals surface area contributed by atoms with Gasteiger partial charge in [0.05, 0.1) is 7.11 Å². The van der Waals surface area contributed by atoms with Gasteiger partial charge in [0.1, 0.15) is 5.75 Å². The first kappa shape index (κ1) is 18.2. The van der Waals surface area contributed by atoms with Crippen molar-refractivity contribution in [1.29, 1.82) is 0 Å². The average molecular weight is 374 g/mol. The highest BCUT2D eigenvalue weighted by Crippen LogP contribution is 2.38. The minimum absolute atomic E-state index is 0.100. The minimum Gasteiger partial charge on any atom is -0.543 e. The predicted octanol–water partition coefficient (Wildman–Crippen LogP) is 4.47. The molecule has 4 nitrogen and oxygen atoms in total. The fourth-order valence-corrected chi connectivity index (χ4v) is 2.94. The molecule has 0 heterocycles. The summed E-state index contributed by atoms with van der Waals surface area (Å²) in [4.78, 5) is 17.1. The molecule has 0 bridgehead atoms. The van der Waals surface area contributed by atoms with Crippen molar-refractivity contribution >= 4 is 30.2 Å². The van der Waals surface area contributed by atoms with Crippen LogP contribution in [0.4, 0.5) is 0 Å². The first-order valence-electron chi connectivity index (χ1n) is 6.80. The average Bonchev–Trinajstić information content (AvgIpc) is 2.34. The van der Waals surface area contributed by atoms with Crippen molar-refractivity contribution in [1.82, 2.24) is 5.06 Å². The van der Waals surface area contributed by atoms with Crippen molar-refractivity contribution in [3.05, 3.63) is 28.2 Å². The highest BCUT2D eigenvalue weighted by atomic mass is 79.9. The van der Waals surface area contributed by atoms with E-state index in [9.17, 15) is 4.79 Å². The summed E-state index contributed by atoms with van der Waals surface area (Å²) in [5, 5.41) is 1.29. The minimum atomic E-state index is -1.94. The van der Waals surface area contributed by atoms with Crippen LogP contribution in [0, 0.1) is 0 Å². The van der Waals surface area contributed by atoms with Gasteiger partial charge < -0.3 is 4.43 Å². The van der Waals surface area contributed by atoms with E-state index in [1.165, 1.54) is 12.2 Å². The van der Waals surface area contributed by atoms with Crippen LogP contribution in [0.15, 0.2) is 22.7 Å². The van der Waals surface area contributed by atoms with Crippen LogP contribution in [-0.4, -0.2) is 33.4 Å². The summed E-state index contributed by atoms with van der Waals surface area (Å²) in [6.07, 6.45) is 0. The highest BCUT2D eigenvalue weighted by Gasteiger charge is 2.39. The number of carbonyl (C=O) groups is 1. The summed E-state index contributed by atoms with van der Waals surface area (Å²) in [7, 11) is 1.10. The summed E-state index contributed by atoms with van der Waals surface area (Å²) in [6.45, 7) is 10.9. The summed E-state index contributed by atoms with van der Waals surface area (Å²) >= 11 is 3.43. The second-order valence-electron chi connectivity index (χ2n) is 6.52. The Balaban J connectivity index is 3.11. The lowest BCUT2D eigenvalue weighted by Gasteiger charge is -2.36. The summed E-state index contributed by atoms with van der Waals surface area (Å²) < 4.78 is 7.06. The molecule has 0 fully saturated rings. The number of halogens is 1. The van der Waals surface area contributed by atoms with Crippen molar-refractivity contribution < 1.29 is 14.1 Å². The Morgan fingerprint density at radius 3 is 2.29 bits per heavy atom. The Hall–Kier alpha value is -0.853. The Kier molecular flexibility index (Phi) is 5.63. The highest BCUT2D eigenvalue weighted by molar-refractivity contribution is 9.10. The predicted molar refractivity (Wildman–Crippen MR) is 91.1 cm³/mol. The largest absolute Gasteiger partial charge is 0.543 e. The molecule has 0 saturated heterocycles. The molecule has 0 aromatic heterocycles. The molecule has 0 aliphatic carbocycles. The maximum atomic E-state index is 12.2. The molecule has 21 heavy (non-hydrogen) atoms. The number of hydroxylamine groups is 2. The molecular formula is C15H24BrNO3Si. The molecule has 0 radical (unpaired) electrons. The van der Waals surface area contributed by atoms with Crippen LogP contribution in [0.2, 0.25) is 18.1 Å². The Morgan fingerprint density at radius 1 is 1.24 bits per heavy atom. The normalized spacial score (nSPS) is 12.2. The number of nitrogens with zero attached hydrogens (tertiary/aromatic N) is 1. The zero-order chi connectivity index (χ0) is 16.4. The third-order valence-electron chi connectivity index (χ3n) is 3.86. The van der Waals surface area contributed by atoms with Gasteiger partial charge in [0, 0.05) is 17.1 Å². The van der Waals surface area contributed by atoms with E-state index in [1.54, 1.807) is 19.2 Å². The van der Waals surface area contributed by atoms with E-state index < -0.39 is 8.32 Å². The van der Waals surface area contributed by atoms with E-state index in [1.807, 2.05) is 6.07 Å². The van der Waals surface area contributed by atoms with Crippen LogP contribution in [0.5, 0.6) is 5.75 Å². The van der Waals surface area contributed by atoms with E-state index in [0.29, 0.717) is 11.3 Å². The molecule has 0 saturated carbocycles. The molecular weight excluding hydrogens is 350 g/mol. The molecule has 1 amide bonds. The van der Waals surface area contributed by atoms with E-state index >= 15 is 0 Å². The van der Waals surface area contributed by atoms with Gasteiger partial charge in [-0.05, 0) is 36.3 Å². The lowest BCUT2D eigenvalue weighted by Crippen LogP contribution is -2.43. The maximum Gasteiger partial charge on any atom is 0.277 e. The van der Waals surface area contributed by atoms with Crippen LogP contribution in [0.1, 0.15) is 31.1 Å². The molecule has 1 aromatic carbocycles. The first-order valence-corrected chi connectivity index (χ1v) is 10.5. The topological polar surface area (TPSA) is 38.8 Å². The summed E-state index contributed by atoms with van der Waals surface area (Å²) in [6, 6.07) is 5.42. The van der Waals surface area contributed by atoms with Crippen molar-refractivity contribution in [2.75, 3.05) is 14.2 Å². The van der Waals surface area contributed by atoms with Gasteiger partial charge in [-0.1, -0.05) is 36.7 Å². The van der Waals surface area contributed by atoms with Crippen LogP contribution in [0.25, 0.3) is 0 Å². The molecule has 6 heteroatoms. The van der Waals surface area contributed by atoms with E-state index in [0.717, 1.165) is 4.47 Å². The third-order valence-corrected chi connectivity index (χ3v) is 8.67. The molecule has 118 valence electrons. The SMILES string of the molecule is CON(C)C(=O)c1cc(Br)cc(O[Si](C)(C)C(C)(C)C)c1. The number of amides is 1. The standard InChI is InChI=1S/C15H24BrNO3Si/c1-15(2,3)21(6,7)20-13-9-11(8-12(16)10-13)14(18)17(4)19-5/h8-10H,1-7H3. The van der Waals surface area contributed by atoms with Crippen molar-refractivity contribution in [3.8, 4) is 5.75 Å². The Morgan fingerprint density at radius 2 is 1.81 bits per heavy atom. The van der Waals surface area contributed by atoms with Crippen LogP contribution in [-0.2, 0) is 4.84 Å². The van der Waals surface area contributed by atoms with Gasteiger partial charge in [0.2, 0.25) is 8.32 Å². The number of hydrogen-bond donors (Lipinski definition) is 0. The number of benzene rings is 1. The second-order valence-corrected chi connectivity index (χ2v) is 12.2. The molecule has 0 aliphatic heterocycles. The zero-order valence-electron chi connectivity index (χ0n) is 13.8. The first-order chi connectivity index (χ1) is 9.48. The Bertz CT molecular complexity index is 526. The molecule has 0 atom stereocenters. The van der Waals surface area contributed by atoms with Crippen LogP contribution in [0.3, 0.4) is 0 Å². The third kappa shape index (κ3) is 4.56. The zero-order valence-corrected chi connectivity index (χ0v) is 16.4. The molecule has 0 unspecified atom stereocenters.